The Hall–Kier alpha value is -2.57. The van der Waals surface area contributed by atoms with Crippen molar-refractivity contribution in [2.24, 2.45) is 0 Å². The normalized spacial score (nSPS) is 15.5. The number of likely N-dealkylation sites (tertiary alicyclic amines) is 1. The lowest BCUT2D eigenvalue weighted by Gasteiger charge is -2.30. The summed E-state index contributed by atoms with van der Waals surface area (Å²) in [5, 5.41) is 7.67. The van der Waals surface area contributed by atoms with Crippen LogP contribution in [0, 0.1) is 0 Å². The molecule has 1 aliphatic heterocycles. The van der Waals surface area contributed by atoms with E-state index in [0.29, 0.717) is 36.0 Å². The highest BCUT2D eigenvalue weighted by Crippen LogP contribution is 2.30. The predicted octanol–water partition coefficient (Wildman–Crippen LogP) is 2.11. The second kappa shape index (κ2) is 6.68. The average Bonchev–Trinajstić information content (AvgIpc) is 3.15. The SMILES string of the molecule is COc1ccc(C(=O)N2CCC(c3nnco3)CC2)c(OC)c1. The number of nitrogens with zero attached hydrogens (tertiary/aromatic N) is 3. The van der Waals surface area contributed by atoms with Gasteiger partial charge in [0.05, 0.1) is 19.8 Å². The van der Waals surface area contributed by atoms with Gasteiger partial charge in [-0.2, -0.15) is 0 Å². The monoisotopic (exact) mass is 317 g/mol. The molecule has 0 spiro atoms. The molecular weight excluding hydrogens is 298 g/mol. The number of amides is 1. The Morgan fingerprint density at radius 2 is 2.04 bits per heavy atom. The van der Waals surface area contributed by atoms with Crippen molar-refractivity contribution in [3.63, 3.8) is 0 Å². The maximum absolute atomic E-state index is 12.7. The van der Waals surface area contributed by atoms with Gasteiger partial charge in [0.2, 0.25) is 12.3 Å². The van der Waals surface area contributed by atoms with E-state index in [-0.39, 0.29) is 11.8 Å². The van der Waals surface area contributed by atoms with Gasteiger partial charge in [0, 0.05) is 25.1 Å². The van der Waals surface area contributed by atoms with Gasteiger partial charge in [-0.05, 0) is 25.0 Å². The van der Waals surface area contributed by atoms with Gasteiger partial charge in [-0.3, -0.25) is 4.79 Å². The number of hydrogen-bond acceptors (Lipinski definition) is 6. The third kappa shape index (κ3) is 3.13. The van der Waals surface area contributed by atoms with E-state index in [2.05, 4.69) is 10.2 Å². The molecule has 2 heterocycles. The number of hydrogen-bond donors (Lipinski definition) is 0. The maximum Gasteiger partial charge on any atom is 0.257 e. The molecule has 7 heteroatoms. The first-order chi connectivity index (χ1) is 11.2. The van der Waals surface area contributed by atoms with Crippen LogP contribution in [0.25, 0.3) is 0 Å². The van der Waals surface area contributed by atoms with Crippen molar-refractivity contribution < 1.29 is 18.7 Å². The van der Waals surface area contributed by atoms with E-state index in [0.717, 1.165) is 12.8 Å². The fourth-order valence-corrected chi connectivity index (χ4v) is 2.83. The average molecular weight is 317 g/mol. The summed E-state index contributed by atoms with van der Waals surface area (Å²) in [6.07, 6.45) is 2.97. The molecule has 0 atom stereocenters. The van der Waals surface area contributed by atoms with E-state index in [1.54, 1.807) is 32.4 Å². The quantitative estimate of drug-likeness (QED) is 0.859. The van der Waals surface area contributed by atoms with E-state index >= 15 is 0 Å². The third-order valence-corrected chi connectivity index (χ3v) is 4.15. The van der Waals surface area contributed by atoms with Gasteiger partial charge in [0.15, 0.2) is 0 Å². The number of rotatable bonds is 4. The Labute approximate surface area is 134 Å². The number of aromatic nitrogens is 2. The fraction of sp³-hybridized carbons (Fsp3) is 0.438. The summed E-state index contributed by atoms with van der Waals surface area (Å²) in [4.78, 5) is 14.6. The molecule has 1 saturated heterocycles. The zero-order chi connectivity index (χ0) is 16.2. The molecule has 1 aromatic heterocycles. The van der Waals surface area contributed by atoms with Crippen LogP contribution in [0.3, 0.4) is 0 Å². The maximum atomic E-state index is 12.7. The van der Waals surface area contributed by atoms with Crippen molar-refractivity contribution in [1.82, 2.24) is 15.1 Å². The van der Waals surface area contributed by atoms with E-state index in [1.807, 2.05) is 4.90 Å². The summed E-state index contributed by atoms with van der Waals surface area (Å²) < 4.78 is 15.7. The second-order valence-corrected chi connectivity index (χ2v) is 5.41. The molecule has 1 fully saturated rings. The Balaban J connectivity index is 1.70. The predicted molar refractivity (Wildman–Crippen MR) is 81.7 cm³/mol. The first-order valence-electron chi connectivity index (χ1n) is 7.50. The molecule has 0 bridgehead atoms. The van der Waals surface area contributed by atoms with Crippen molar-refractivity contribution in [3.05, 3.63) is 36.0 Å². The molecular formula is C16H19N3O4. The Bertz CT molecular complexity index is 664. The van der Waals surface area contributed by atoms with Crippen molar-refractivity contribution >= 4 is 5.91 Å². The summed E-state index contributed by atoms with van der Waals surface area (Å²) in [7, 11) is 3.13. The molecule has 0 radical (unpaired) electrons. The smallest absolute Gasteiger partial charge is 0.257 e. The molecule has 2 aromatic rings. The van der Waals surface area contributed by atoms with Gasteiger partial charge in [0.25, 0.3) is 5.91 Å². The zero-order valence-electron chi connectivity index (χ0n) is 13.2. The number of methoxy groups -OCH3 is 2. The topological polar surface area (TPSA) is 77.7 Å². The van der Waals surface area contributed by atoms with E-state index in [9.17, 15) is 4.79 Å². The van der Waals surface area contributed by atoms with Crippen LogP contribution in [-0.2, 0) is 0 Å². The van der Waals surface area contributed by atoms with Crippen LogP contribution < -0.4 is 9.47 Å². The molecule has 0 N–H and O–H groups in total. The second-order valence-electron chi connectivity index (χ2n) is 5.41. The molecule has 0 saturated carbocycles. The van der Waals surface area contributed by atoms with E-state index in [1.165, 1.54) is 6.39 Å². The van der Waals surface area contributed by atoms with Crippen LogP contribution in [0.2, 0.25) is 0 Å². The van der Waals surface area contributed by atoms with Crippen molar-refractivity contribution in [3.8, 4) is 11.5 Å². The van der Waals surface area contributed by atoms with Crippen LogP contribution >= 0.6 is 0 Å². The molecule has 1 aromatic carbocycles. The number of piperidine rings is 1. The summed E-state index contributed by atoms with van der Waals surface area (Å²) in [5.74, 6) is 2.02. The van der Waals surface area contributed by atoms with Crippen LogP contribution in [0.1, 0.15) is 35.0 Å². The van der Waals surface area contributed by atoms with Crippen LogP contribution in [0.15, 0.2) is 29.0 Å². The highest BCUT2D eigenvalue weighted by molar-refractivity contribution is 5.97. The van der Waals surface area contributed by atoms with Gasteiger partial charge in [-0.15, -0.1) is 10.2 Å². The van der Waals surface area contributed by atoms with Gasteiger partial charge in [0.1, 0.15) is 11.5 Å². The minimum atomic E-state index is -0.0338. The first kappa shape index (κ1) is 15.3. The van der Waals surface area contributed by atoms with Crippen LogP contribution in [-0.4, -0.2) is 48.3 Å². The summed E-state index contributed by atoms with van der Waals surface area (Å²) in [5.41, 5.74) is 0.546. The first-order valence-corrected chi connectivity index (χ1v) is 7.50. The van der Waals surface area contributed by atoms with Crippen molar-refractivity contribution in [2.45, 2.75) is 18.8 Å². The minimum Gasteiger partial charge on any atom is -0.497 e. The van der Waals surface area contributed by atoms with Gasteiger partial charge >= 0.3 is 0 Å². The molecule has 1 amide bonds. The lowest BCUT2D eigenvalue weighted by atomic mass is 9.96. The summed E-state index contributed by atoms with van der Waals surface area (Å²) in [6.45, 7) is 1.31. The summed E-state index contributed by atoms with van der Waals surface area (Å²) >= 11 is 0. The molecule has 0 aliphatic carbocycles. The fourth-order valence-electron chi connectivity index (χ4n) is 2.83. The molecule has 0 unspecified atom stereocenters. The van der Waals surface area contributed by atoms with Crippen molar-refractivity contribution in [2.75, 3.05) is 27.3 Å². The van der Waals surface area contributed by atoms with Gasteiger partial charge in [-0.25, -0.2) is 0 Å². The Morgan fingerprint density at radius 3 is 2.65 bits per heavy atom. The Morgan fingerprint density at radius 1 is 1.26 bits per heavy atom. The van der Waals surface area contributed by atoms with Crippen molar-refractivity contribution in [1.29, 1.82) is 0 Å². The minimum absolute atomic E-state index is 0.0338. The summed E-state index contributed by atoms with van der Waals surface area (Å²) in [6, 6.07) is 5.23. The largest absolute Gasteiger partial charge is 0.497 e. The highest BCUT2D eigenvalue weighted by atomic mass is 16.5. The standard InChI is InChI=1S/C16H19N3O4/c1-21-12-3-4-13(14(9-12)22-2)16(20)19-7-5-11(6-8-19)15-18-17-10-23-15/h3-4,9-11H,5-8H2,1-2H3. The molecule has 23 heavy (non-hydrogen) atoms. The lowest BCUT2D eigenvalue weighted by molar-refractivity contribution is 0.0703. The van der Waals surface area contributed by atoms with Crippen LogP contribution in [0.4, 0.5) is 0 Å². The van der Waals surface area contributed by atoms with E-state index in [4.69, 9.17) is 13.9 Å². The van der Waals surface area contributed by atoms with Gasteiger partial charge < -0.3 is 18.8 Å². The van der Waals surface area contributed by atoms with E-state index < -0.39 is 0 Å². The molecule has 1 aliphatic rings. The number of ether oxygens (including phenoxy) is 2. The van der Waals surface area contributed by atoms with Gasteiger partial charge in [-0.1, -0.05) is 0 Å². The highest BCUT2D eigenvalue weighted by Gasteiger charge is 2.28. The number of carbonyl (C=O) groups is 1. The zero-order valence-corrected chi connectivity index (χ0v) is 13.2. The van der Waals surface area contributed by atoms with Crippen LogP contribution in [0.5, 0.6) is 11.5 Å². The Kier molecular flexibility index (Phi) is 4.45. The number of benzene rings is 1. The molecule has 122 valence electrons. The third-order valence-electron chi connectivity index (χ3n) is 4.15. The lowest BCUT2D eigenvalue weighted by Crippen LogP contribution is -2.38. The number of carbonyl (C=O) groups excluding carboxylic acids is 1. The molecule has 3 rings (SSSR count). The molecule has 7 nitrogen and oxygen atoms in total.